The van der Waals surface area contributed by atoms with Crippen LogP contribution in [0.25, 0.3) is 0 Å². The highest BCUT2D eigenvalue weighted by atomic mass is 32.2. The molecule has 118 valence electrons. The Morgan fingerprint density at radius 2 is 2.00 bits per heavy atom. The molecule has 1 aliphatic rings. The van der Waals surface area contributed by atoms with Crippen molar-refractivity contribution < 1.29 is 12.8 Å². The number of sulfonamides is 1. The van der Waals surface area contributed by atoms with Crippen molar-refractivity contribution in [1.29, 1.82) is 0 Å². The van der Waals surface area contributed by atoms with Crippen LogP contribution in [0.4, 0.5) is 10.1 Å². The molecule has 1 saturated heterocycles. The predicted molar refractivity (Wildman–Crippen MR) is 81.8 cm³/mol. The Morgan fingerprint density at radius 1 is 1.29 bits per heavy atom. The van der Waals surface area contributed by atoms with E-state index in [-0.39, 0.29) is 10.6 Å². The topological polar surface area (TPSA) is 63.4 Å². The summed E-state index contributed by atoms with van der Waals surface area (Å²) in [6, 6.07) is 3.73. The maximum atomic E-state index is 13.9. The molecular weight excluding hydrogens is 291 g/mol. The molecule has 1 aromatic rings. The van der Waals surface area contributed by atoms with Crippen molar-refractivity contribution in [3.63, 3.8) is 0 Å². The SMILES string of the molecule is CC(C)C1CCCN(S(=O)(=O)c2ccc(N)cc2F)CC1. The van der Waals surface area contributed by atoms with Crippen LogP contribution in [0.2, 0.25) is 0 Å². The Morgan fingerprint density at radius 3 is 2.62 bits per heavy atom. The molecule has 1 aromatic carbocycles. The fourth-order valence-corrected chi connectivity index (χ4v) is 4.41. The van der Waals surface area contributed by atoms with Gasteiger partial charge in [-0.15, -0.1) is 0 Å². The molecule has 21 heavy (non-hydrogen) atoms. The molecule has 6 heteroatoms. The maximum Gasteiger partial charge on any atom is 0.245 e. The number of rotatable bonds is 3. The van der Waals surface area contributed by atoms with Crippen molar-refractivity contribution in [3.8, 4) is 0 Å². The third-order valence-corrected chi connectivity index (χ3v) is 6.18. The molecule has 1 heterocycles. The normalized spacial score (nSPS) is 21.4. The zero-order valence-corrected chi connectivity index (χ0v) is 13.4. The quantitative estimate of drug-likeness (QED) is 0.873. The van der Waals surface area contributed by atoms with E-state index in [0.29, 0.717) is 24.9 Å². The summed E-state index contributed by atoms with van der Waals surface area (Å²) in [5.41, 5.74) is 5.70. The fourth-order valence-electron chi connectivity index (χ4n) is 2.87. The summed E-state index contributed by atoms with van der Waals surface area (Å²) in [5, 5.41) is 0. The van der Waals surface area contributed by atoms with Gasteiger partial charge in [0.15, 0.2) is 0 Å². The summed E-state index contributed by atoms with van der Waals surface area (Å²) < 4.78 is 40.5. The highest BCUT2D eigenvalue weighted by Crippen LogP contribution is 2.28. The Balaban J connectivity index is 2.23. The molecule has 0 aromatic heterocycles. The predicted octanol–water partition coefficient (Wildman–Crippen LogP) is 2.85. The lowest BCUT2D eigenvalue weighted by atomic mass is 9.89. The highest BCUT2D eigenvalue weighted by Gasteiger charge is 2.30. The zero-order chi connectivity index (χ0) is 15.6. The van der Waals surface area contributed by atoms with Crippen LogP contribution in [0.15, 0.2) is 23.1 Å². The van der Waals surface area contributed by atoms with Crippen molar-refractivity contribution in [2.45, 2.75) is 38.0 Å². The van der Waals surface area contributed by atoms with E-state index in [1.54, 1.807) is 0 Å². The minimum Gasteiger partial charge on any atom is -0.399 e. The van der Waals surface area contributed by atoms with E-state index in [0.717, 1.165) is 25.3 Å². The van der Waals surface area contributed by atoms with E-state index in [4.69, 9.17) is 5.73 Å². The average Bonchev–Trinajstić information content (AvgIpc) is 2.64. The molecule has 0 aliphatic carbocycles. The first kappa shape index (κ1) is 16.2. The van der Waals surface area contributed by atoms with Gasteiger partial charge in [-0.1, -0.05) is 13.8 Å². The highest BCUT2D eigenvalue weighted by molar-refractivity contribution is 7.89. The van der Waals surface area contributed by atoms with Gasteiger partial charge in [0.2, 0.25) is 10.0 Å². The van der Waals surface area contributed by atoms with Gasteiger partial charge in [-0.25, -0.2) is 12.8 Å². The van der Waals surface area contributed by atoms with Gasteiger partial charge in [0, 0.05) is 18.8 Å². The number of halogens is 1. The Hall–Kier alpha value is -1.14. The summed E-state index contributed by atoms with van der Waals surface area (Å²) >= 11 is 0. The van der Waals surface area contributed by atoms with Gasteiger partial charge < -0.3 is 5.73 Å². The monoisotopic (exact) mass is 314 g/mol. The van der Waals surface area contributed by atoms with Crippen LogP contribution in [-0.2, 0) is 10.0 Å². The lowest BCUT2D eigenvalue weighted by Gasteiger charge is -2.21. The Kier molecular flexibility index (Phi) is 4.88. The molecule has 2 rings (SSSR count). The molecule has 2 N–H and O–H groups in total. The third-order valence-electron chi connectivity index (χ3n) is 4.25. The number of hydrogen-bond acceptors (Lipinski definition) is 3. The number of nitrogen functional groups attached to an aromatic ring is 1. The second-order valence-electron chi connectivity index (χ2n) is 6.03. The number of benzene rings is 1. The standard InChI is InChI=1S/C15H23FN2O2S/c1-11(2)12-4-3-8-18(9-7-12)21(19,20)15-6-5-13(17)10-14(15)16/h5-6,10-12H,3-4,7-9,17H2,1-2H3. The first-order valence-electron chi connectivity index (χ1n) is 7.37. The van der Waals surface area contributed by atoms with E-state index in [2.05, 4.69) is 13.8 Å². The summed E-state index contributed by atoms with van der Waals surface area (Å²) in [4.78, 5) is -0.278. The number of anilines is 1. The lowest BCUT2D eigenvalue weighted by molar-refractivity contribution is 0.340. The van der Waals surface area contributed by atoms with Crippen molar-refractivity contribution >= 4 is 15.7 Å². The van der Waals surface area contributed by atoms with Crippen LogP contribution < -0.4 is 5.73 Å². The van der Waals surface area contributed by atoms with Crippen molar-refractivity contribution in [2.24, 2.45) is 11.8 Å². The second kappa shape index (κ2) is 6.32. The van der Waals surface area contributed by atoms with E-state index < -0.39 is 15.8 Å². The van der Waals surface area contributed by atoms with E-state index in [1.807, 2.05) is 0 Å². The van der Waals surface area contributed by atoms with Crippen LogP contribution in [0.1, 0.15) is 33.1 Å². The van der Waals surface area contributed by atoms with Crippen LogP contribution in [0.3, 0.4) is 0 Å². The van der Waals surface area contributed by atoms with Gasteiger partial charge >= 0.3 is 0 Å². The van der Waals surface area contributed by atoms with Gasteiger partial charge in [-0.2, -0.15) is 4.31 Å². The van der Waals surface area contributed by atoms with Crippen LogP contribution >= 0.6 is 0 Å². The van der Waals surface area contributed by atoms with E-state index in [9.17, 15) is 12.8 Å². The molecule has 0 spiro atoms. The summed E-state index contributed by atoms with van der Waals surface area (Å²) in [6.45, 7) is 5.23. The number of hydrogen-bond donors (Lipinski definition) is 1. The third kappa shape index (κ3) is 3.55. The zero-order valence-electron chi connectivity index (χ0n) is 12.5. The van der Waals surface area contributed by atoms with Crippen LogP contribution in [0.5, 0.6) is 0 Å². The summed E-state index contributed by atoms with van der Waals surface area (Å²) in [5.74, 6) is 0.294. The smallest absolute Gasteiger partial charge is 0.245 e. The van der Waals surface area contributed by atoms with Gasteiger partial charge in [0.25, 0.3) is 0 Å². The van der Waals surface area contributed by atoms with Gasteiger partial charge in [0.05, 0.1) is 0 Å². The molecule has 1 fully saturated rings. The molecule has 1 aliphatic heterocycles. The van der Waals surface area contributed by atoms with Crippen molar-refractivity contribution in [2.75, 3.05) is 18.8 Å². The molecular formula is C15H23FN2O2S. The lowest BCUT2D eigenvalue weighted by Crippen LogP contribution is -2.32. The van der Waals surface area contributed by atoms with E-state index >= 15 is 0 Å². The number of nitrogens with zero attached hydrogens (tertiary/aromatic N) is 1. The van der Waals surface area contributed by atoms with E-state index in [1.165, 1.54) is 16.4 Å². The molecule has 0 bridgehead atoms. The summed E-state index contributed by atoms with van der Waals surface area (Å²) in [7, 11) is -3.78. The largest absolute Gasteiger partial charge is 0.399 e. The van der Waals surface area contributed by atoms with Crippen LogP contribution in [-0.4, -0.2) is 25.8 Å². The molecule has 0 amide bonds. The molecule has 1 unspecified atom stereocenters. The summed E-state index contributed by atoms with van der Waals surface area (Å²) in [6.07, 6.45) is 2.67. The van der Waals surface area contributed by atoms with Crippen LogP contribution in [0, 0.1) is 17.7 Å². The van der Waals surface area contributed by atoms with Gasteiger partial charge in [-0.05, 0) is 49.3 Å². The maximum absolute atomic E-state index is 13.9. The van der Waals surface area contributed by atoms with Gasteiger partial charge in [-0.3, -0.25) is 0 Å². The Labute approximate surface area is 126 Å². The van der Waals surface area contributed by atoms with Crippen molar-refractivity contribution in [1.82, 2.24) is 4.31 Å². The Bertz CT molecular complexity index is 602. The second-order valence-corrected chi connectivity index (χ2v) is 7.94. The molecule has 4 nitrogen and oxygen atoms in total. The van der Waals surface area contributed by atoms with Gasteiger partial charge in [0.1, 0.15) is 10.7 Å². The minimum atomic E-state index is -3.78. The van der Waals surface area contributed by atoms with Crippen molar-refractivity contribution in [3.05, 3.63) is 24.0 Å². The number of nitrogens with two attached hydrogens (primary N) is 1. The minimum absolute atomic E-state index is 0.224. The first-order chi connectivity index (χ1) is 9.82. The molecule has 1 atom stereocenters. The average molecular weight is 314 g/mol. The molecule has 0 radical (unpaired) electrons. The fraction of sp³-hybridized carbons (Fsp3) is 0.600. The molecule has 0 saturated carbocycles. The first-order valence-corrected chi connectivity index (χ1v) is 8.81.